The number of aromatic nitrogens is 3. The highest BCUT2D eigenvalue weighted by molar-refractivity contribution is 8.00. The molecule has 152 valence electrons. The van der Waals surface area contributed by atoms with E-state index >= 15 is 0 Å². The van der Waals surface area contributed by atoms with E-state index in [1.807, 2.05) is 25.1 Å². The number of para-hydroxylation sites is 1. The van der Waals surface area contributed by atoms with E-state index in [1.165, 1.54) is 22.5 Å². The van der Waals surface area contributed by atoms with E-state index in [9.17, 15) is 9.18 Å². The number of benzene rings is 2. The summed E-state index contributed by atoms with van der Waals surface area (Å²) in [6.07, 6.45) is 0. The Kier molecular flexibility index (Phi) is 6.22. The number of aryl methyl sites for hydroxylation is 1. The maximum absolute atomic E-state index is 14.0. The number of nitrogen functional groups attached to an aromatic ring is 1. The van der Waals surface area contributed by atoms with Crippen molar-refractivity contribution in [1.82, 2.24) is 14.9 Å². The van der Waals surface area contributed by atoms with Crippen LogP contribution in [0.2, 0.25) is 0 Å². The number of thioether (sulfide) groups is 1. The number of halogens is 1. The van der Waals surface area contributed by atoms with Crippen molar-refractivity contribution in [3.8, 4) is 11.4 Å². The van der Waals surface area contributed by atoms with Crippen molar-refractivity contribution in [1.29, 1.82) is 0 Å². The number of nitrogens with two attached hydrogens (primary N) is 1. The minimum atomic E-state index is -0.477. The molecule has 0 aliphatic carbocycles. The van der Waals surface area contributed by atoms with Gasteiger partial charge in [-0.05, 0) is 43.0 Å². The third kappa shape index (κ3) is 4.42. The third-order valence-corrected chi connectivity index (χ3v) is 5.66. The molecule has 0 aliphatic heterocycles. The Morgan fingerprint density at radius 2 is 1.86 bits per heavy atom. The van der Waals surface area contributed by atoms with Crippen molar-refractivity contribution in [3.63, 3.8) is 0 Å². The molecule has 2 aromatic carbocycles. The lowest BCUT2D eigenvalue weighted by atomic mass is 9.98. The van der Waals surface area contributed by atoms with Gasteiger partial charge < -0.3 is 11.2 Å². The topological polar surface area (TPSA) is 85.8 Å². The molecular formula is C21H24FN5OS. The molecule has 1 atom stereocenters. The highest BCUT2D eigenvalue weighted by atomic mass is 32.2. The Morgan fingerprint density at radius 3 is 2.55 bits per heavy atom. The van der Waals surface area contributed by atoms with E-state index in [2.05, 4.69) is 29.4 Å². The number of amides is 1. The molecule has 0 radical (unpaired) electrons. The van der Waals surface area contributed by atoms with Gasteiger partial charge in [0.1, 0.15) is 5.82 Å². The number of carbonyl (C=O) groups is 1. The van der Waals surface area contributed by atoms with Crippen molar-refractivity contribution in [2.45, 2.75) is 44.0 Å². The number of rotatable bonds is 6. The summed E-state index contributed by atoms with van der Waals surface area (Å²) in [6.45, 7) is 7.91. The molecule has 0 bridgehead atoms. The lowest BCUT2D eigenvalue weighted by Gasteiger charge is -2.18. The summed E-state index contributed by atoms with van der Waals surface area (Å²) in [5, 5.41) is 10.9. The van der Waals surface area contributed by atoms with Crippen molar-refractivity contribution in [2.75, 3.05) is 11.2 Å². The molecule has 0 fully saturated rings. The van der Waals surface area contributed by atoms with Gasteiger partial charge in [0.2, 0.25) is 11.1 Å². The zero-order valence-corrected chi connectivity index (χ0v) is 17.6. The molecule has 0 unspecified atom stereocenters. The second-order valence-corrected chi connectivity index (χ2v) is 8.41. The summed E-state index contributed by atoms with van der Waals surface area (Å²) < 4.78 is 15.2. The highest BCUT2D eigenvalue weighted by Gasteiger charge is 2.22. The molecule has 0 saturated carbocycles. The number of nitrogens with zero attached hydrogens (tertiary/aromatic N) is 3. The fourth-order valence-electron chi connectivity index (χ4n) is 2.96. The molecule has 6 nitrogen and oxygen atoms in total. The van der Waals surface area contributed by atoms with Crippen LogP contribution in [-0.2, 0) is 4.79 Å². The fourth-order valence-corrected chi connectivity index (χ4v) is 3.73. The number of anilines is 1. The first kappa shape index (κ1) is 20.9. The van der Waals surface area contributed by atoms with Crippen LogP contribution in [0.15, 0.2) is 47.6 Å². The highest BCUT2D eigenvalue weighted by Crippen LogP contribution is 2.30. The molecule has 1 amide bonds. The van der Waals surface area contributed by atoms with Gasteiger partial charge in [-0.2, -0.15) is 0 Å². The van der Waals surface area contributed by atoms with E-state index in [-0.39, 0.29) is 23.2 Å². The Balaban J connectivity index is 1.77. The average Bonchev–Trinajstić information content (AvgIpc) is 3.03. The van der Waals surface area contributed by atoms with Crippen molar-refractivity contribution in [2.24, 2.45) is 0 Å². The average molecular weight is 414 g/mol. The summed E-state index contributed by atoms with van der Waals surface area (Å²) >= 11 is 1.17. The molecule has 1 aromatic heterocycles. The first-order valence-corrected chi connectivity index (χ1v) is 10.2. The van der Waals surface area contributed by atoms with Gasteiger partial charge in [-0.1, -0.05) is 55.9 Å². The summed E-state index contributed by atoms with van der Waals surface area (Å²) in [5.41, 5.74) is 3.18. The second-order valence-electron chi connectivity index (χ2n) is 7.10. The Morgan fingerprint density at radius 1 is 1.14 bits per heavy atom. The summed E-state index contributed by atoms with van der Waals surface area (Å²) in [6, 6.07) is 12.2. The fraction of sp³-hybridized carbons (Fsp3) is 0.286. The predicted molar refractivity (Wildman–Crippen MR) is 115 cm³/mol. The van der Waals surface area contributed by atoms with Gasteiger partial charge in [-0.25, -0.2) is 9.07 Å². The van der Waals surface area contributed by atoms with Crippen LogP contribution in [0.5, 0.6) is 0 Å². The van der Waals surface area contributed by atoms with E-state index in [1.54, 1.807) is 25.1 Å². The molecule has 1 heterocycles. The quantitative estimate of drug-likeness (QED) is 0.463. The Hall–Kier alpha value is -2.87. The van der Waals surface area contributed by atoms with Crippen molar-refractivity contribution >= 4 is 23.4 Å². The zero-order valence-electron chi connectivity index (χ0n) is 16.8. The van der Waals surface area contributed by atoms with Gasteiger partial charge in [0.15, 0.2) is 5.82 Å². The standard InChI is InChI=1S/C21H24FN5OS/c1-12(2)15-10-7-8-13(3)18(15)24-20(28)14(4)29-21-26-25-19(27(21)23)16-9-5-6-11-17(16)22/h5-12,14H,23H2,1-4H3,(H,24,28)/t14-/m0/s1. The van der Waals surface area contributed by atoms with Gasteiger partial charge in [-0.15, -0.1) is 10.2 Å². The number of hydrogen-bond acceptors (Lipinski definition) is 5. The molecular weight excluding hydrogens is 389 g/mol. The van der Waals surface area contributed by atoms with Crippen LogP contribution in [0.25, 0.3) is 11.4 Å². The van der Waals surface area contributed by atoms with E-state index in [0.717, 1.165) is 16.8 Å². The predicted octanol–water partition coefficient (Wildman–Crippen LogP) is 4.35. The maximum Gasteiger partial charge on any atom is 0.237 e. The Bertz CT molecular complexity index is 1030. The molecule has 0 spiro atoms. The lowest BCUT2D eigenvalue weighted by molar-refractivity contribution is -0.115. The van der Waals surface area contributed by atoms with Gasteiger partial charge in [-0.3, -0.25) is 4.79 Å². The molecule has 3 rings (SSSR count). The van der Waals surface area contributed by atoms with Gasteiger partial charge >= 0.3 is 0 Å². The Labute approximate surface area is 173 Å². The number of hydrogen-bond donors (Lipinski definition) is 2. The van der Waals surface area contributed by atoms with E-state index < -0.39 is 11.1 Å². The van der Waals surface area contributed by atoms with Gasteiger partial charge in [0.25, 0.3) is 0 Å². The van der Waals surface area contributed by atoms with Crippen LogP contribution in [0.4, 0.5) is 10.1 Å². The van der Waals surface area contributed by atoms with Crippen LogP contribution in [0, 0.1) is 12.7 Å². The van der Waals surface area contributed by atoms with E-state index in [4.69, 9.17) is 5.84 Å². The van der Waals surface area contributed by atoms with Crippen LogP contribution >= 0.6 is 11.8 Å². The van der Waals surface area contributed by atoms with Crippen LogP contribution in [0.3, 0.4) is 0 Å². The second kappa shape index (κ2) is 8.65. The van der Waals surface area contributed by atoms with Crippen molar-refractivity contribution in [3.05, 3.63) is 59.4 Å². The normalized spacial score (nSPS) is 12.2. The lowest BCUT2D eigenvalue weighted by Crippen LogP contribution is -2.25. The van der Waals surface area contributed by atoms with Crippen molar-refractivity contribution < 1.29 is 9.18 Å². The van der Waals surface area contributed by atoms with Gasteiger partial charge in [0, 0.05) is 5.69 Å². The summed E-state index contributed by atoms with van der Waals surface area (Å²) in [4.78, 5) is 12.8. The zero-order chi connectivity index (χ0) is 21.1. The number of nitrogens with one attached hydrogen (secondary N) is 1. The monoisotopic (exact) mass is 413 g/mol. The first-order valence-electron chi connectivity index (χ1n) is 9.32. The smallest absolute Gasteiger partial charge is 0.237 e. The molecule has 3 N–H and O–H groups in total. The summed E-state index contributed by atoms with van der Waals surface area (Å²) in [5.74, 6) is 5.95. The molecule has 0 saturated heterocycles. The maximum atomic E-state index is 14.0. The van der Waals surface area contributed by atoms with Gasteiger partial charge in [0.05, 0.1) is 10.8 Å². The minimum Gasteiger partial charge on any atom is -0.335 e. The number of carbonyl (C=O) groups excluding carboxylic acids is 1. The van der Waals surface area contributed by atoms with Crippen LogP contribution < -0.4 is 11.2 Å². The molecule has 0 aliphatic rings. The van der Waals surface area contributed by atoms with Crippen LogP contribution in [0.1, 0.15) is 37.8 Å². The molecule has 3 aromatic rings. The van der Waals surface area contributed by atoms with Crippen LogP contribution in [-0.4, -0.2) is 26.0 Å². The molecule has 8 heteroatoms. The SMILES string of the molecule is Cc1cccc(C(C)C)c1NC(=O)[C@H](C)Sc1nnc(-c2ccccc2F)n1N. The largest absolute Gasteiger partial charge is 0.335 e. The molecule has 29 heavy (non-hydrogen) atoms. The minimum absolute atomic E-state index is 0.165. The summed E-state index contributed by atoms with van der Waals surface area (Å²) in [7, 11) is 0. The first-order chi connectivity index (χ1) is 13.8. The third-order valence-electron chi connectivity index (χ3n) is 4.61. The van der Waals surface area contributed by atoms with E-state index in [0.29, 0.717) is 5.16 Å².